The first-order chi connectivity index (χ1) is 10.4. The highest BCUT2D eigenvalue weighted by Crippen LogP contribution is 2.45. The molecule has 0 bridgehead atoms. The summed E-state index contributed by atoms with van der Waals surface area (Å²) in [7, 11) is 0. The number of nitrogens with zero attached hydrogens (tertiary/aromatic N) is 4. The number of hydrogen-bond donors (Lipinski definition) is 0. The molecular formula is C17H19FN4. The Bertz CT molecular complexity index is 636. The van der Waals surface area contributed by atoms with Crippen LogP contribution in [0.4, 0.5) is 4.39 Å². The summed E-state index contributed by atoms with van der Waals surface area (Å²) in [5, 5.41) is 27.9. The second-order valence-electron chi connectivity index (χ2n) is 6.65. The van der Waals surface area contributed by atoms with Crippen molar-refractivity contribution in [2.45, 2.75) is 52.2 Å². The van der Waals surface area contributed by atoms with E-state index in [4.69, 9.17) is 10.5 Å². The second-order valence-corrected chi connectivity index (χ2v) is 6.65. The van der Waals surface area contributed by atoms with Crippen LogP contribution in [0.15, 0.2) is 22.4 Å². The van der Waals surface area contributed by atoms with E-state index >= 15 is 0 Å². The van der Waals surface area contributed by atoms with Gasteiger partial charge < -0.3 is 4.90 Å². The predicted molar refractivity (Wildman–Crippen MR) is 79.4 cm³/mol. The lowest BCUT2D eigenvalue weighted by Gasteiger charge is -2.41. The fourth-order valence-electron chi connectivity index (χ4n) is 3.29. The van der Waals surface area contributed by atoms with Gasteiger partial charge in [0.25, 0.3) is 0 Å². The maximum absolute atomic E-state index is 14.3. The standard InChI is InChI=1S/C17H19FN4/c1-17(2)7-13(12(9-19)10-20)14(11-21)15(8-17)22-6-4-3-5-16(22)18/h16H,3-8H2,1-2H3. The van der Waals surface area contributed by atoms with E-state index in [1.54, 1.807) is 4.90 Å². The highest BCUT2D eigenvalue weighted by atomic mass is 19.1. The molecule has 0 aromatic carbocycles. The fourth-order valence-corrected chi connectivity index (χ4v) is 3.29. The first-order valence-electron chi connectivity index (χ1n) is 7.51. The van der Waals surface area contributed by atoms with Gasteiger partial charge in [0.1, 0.15) is 23.8 Å². The number of allylic oxidation sites excluding steroid dienone is 4. The fraction of sp³-hybridized carbons (Fsp3) is 0.588. The van der Waals surface area contributed by atoms with Crippen LogP contribution in [0.3, 0.4) is 0 Å². The number of rotatable bonds is 1. The van der Waals surface area contributed by atoms with E-state index in [2.05, 4.69) is 6.07 Å². The SMILES string of the molecule is CC1(C)CC(=C(C#N)C#N)C(C#N)=C(N2CCCCC2F)C1. The van der Waals surface area contributed by atoms with Gasteiger partial charge in [-0.2, -0.15) is 15.8 Å². The van der Waals surface area contributed by atoms with Gasteiger partial charge in [-0.3, -0.25) is 0 Å². The molecule has 0 amide bonds. The summed E-state index contributed by atoms with van der Waals surface area (Å²) in [5.74, 6) is 0. The molecule has 0 radical (unpaired) electrons. The van der Waals surface area contributed by atoms with Crippen molar-refractivity contribution in [1.82, 2.24) is 4.90 Å². The second kappa shape index (κ2) is 6.20. The van der Waals surface area contributed by atoms with Crippen molar-refractivity contribution in [3.63, 3.8) is 0 Å². The van der Waals surface area contributed by atoms with Gasteiger partial charge >= 0.3 is 0 Å². The summed E-state index contributed by atoms with van der Waals surface area (Å²) in [4.78, 5) is 1.66. The van der Waals surface area contributed by atoms with Gasteiger partial charge in [-0.15, -0.1) is 0 Å². The molecule has 22 heavy (non-hydrogen) atoms. The van der Waals surface area contributed by atoms with Gasteiger partial charge in [-0.1, -0.05) is 13.8 Å². The van der Waals surface area contributed by atoms with E-state index in [1.807, 2.05) is 26.0 Å². The summed E-state index contributed by atoms with van der Waals surface area (Å²) in [5.41, 5.74) is 1.21. The summed E-state index contributed by atoms with van der Waals surface area (Å²) in [6.07, 6.45) is 2.19. The van der Waals surface area contributed by atoms with Crippen molar-refractivity contribution in [1.29, 1.82) is 15.8 Å². The molecule has 4 nitrogen and oxygen atoms in total. The van der Waals surface area contributed by atoms with Crippen molar-refractivity contribution >= 4 is 0 Å². The summed E-state index contributed by atoms with van der Waals surface area (Å²) in [6.45, 7) is 4.62. The predicted octanol–water partition coefficient (Wildman–Crippen LogP) is 3.71. The number of piperidine rings is 1. The number of halogens is 1. The molecule has 5 heteroatoms. The maximum Gasteiger partial charge on any atom is 0.172 e. The van der Waals surface area contributed by atoms with E-state index in [-0.39, 0.29) is 11.0 Å². The van der Waals surface area contributed by atoms with Crippen molar-refractivity contribution in [3.05, 3.63) is 22.4 Å². The third-order valence-corrected chi connectivity index (χ3v) is 4.31. The molecule has 0 aromatic heterocycles. The zero-order valence-electron chi connectivity index (χ0n) is 13.0. The molecule has 1 fully saturated rings. The van der Waals surface area contributed by atoms with Crippen LogP contribution in [-0.2, 0) is 0 Å². The Morgan fingerprint density at radius 1 is 1.18 bits per heavy atom. The Balaban J connectivity index is 2.61. The molecule has 2 aliphatic rings. The van der Waals surface area contributed by atoms with Gasteiger partial charge in [0.2, 0.25) is 0 Å². The normalized spacial score (nSPS) is 24.3. The zero-order chi connectivity index (χ0) is 16.3. The topological polar surface area (TPSA) is 74.6 Å². The Morgan fingerprint density at radius 3 is 2.41 bits per heavy atom. The van der Waals surface area contributed by atoms with Crippen LogP contribution in [0.1, 0.15) is 46.0 Å². The minimum Gasteiger partial charge on any atom is -0.344 e. The van der Waals surface area contributed by atoms with Crippen molar-refractivity contribution in [2.75, 3.05) is 6.54 Å². The van der Waals surface area contributed by atoms with Crippen LogP contribution in [0.2, 0.25) is 0 Å². The lowest BCUT2D eigenvalue weighted by molar-refractivity contribution is 0.0661. The molecule has 1 aliphatic heterocycles. The van der Waals surface area contributed by atoms with Crippen LogP contribution in [0.25, 0.3) is 0 Å². The molecular weight excluding hydrogens is 279 g/mol. The van der Waals surface area contributed by atoms with Gasteiger partial charge in [0.15, 0.2) is 6.30 Å². The van der Waals surface area contributed by atoms with Crippen LogP contribution in [0, 0.1) is 39.4 Å². The van der Waals surface area contributed by atoms with Crippen molar-refractivity contribution in [2.24, 2.45) is 5.41 Å². The highest BCUT2D eigenvalue weighted by molar-refractivity contribution is 5.57. The number of nitriles is 3. The molecule has 1 heterocycles. The Hall–Kier alpha value is -2.32. The van der Waals surface area contributed by atoms with Crippen molar-refractivity contribution < 1.29 is 4.39 Å². The summed E-state index contributed by atoms with van der Waals surface area (Å²) < 4.78 is 14.3. The van der Waals surface area contributed by atoms with Gasteiger partial charge in [0.05, 0.1) is 5.57 Å². The molecule has 1 unspecified atom stereocenters. The molecule has 0 spiro atoms. The largest absolute Gasteiger partial charge is 0.344 e. The molecule has 1 saturated heterocycles. The Morgan fingerprint density at radius 2 is 1.86 bits per heavy atom. The van der Waals surface area contributed by atoms with Crippen LogP contribution < -0.4 is 0 Å². The van der Waals surface area contributed by atoms with Gasteiger partial charge in [-0.25, -0.2) is 4.39 Å². The lowest BCUT2D eigenvalue weighted by Crippen LogP contribution is -2.39. The van der Waals surface area contributed by atoms with Crippen LogP contribution in [-0.4, -0.2) is 17.7 Å². The number of hydrogen-bond acceptors (Lipinski definition) is 4. The van der Waals surface area contributed by atoms with E-state index in [0.717, 1.165) is 12.8 Å². The Kier molecular flexibility index (Phi) is 4.53. The summed E-state index contributed by atoms with van der Waals surface area (Å²) in [6, 6.07) is 5.88. The van der Waals surface area contributed by atoms with E-state index in [1.165, 1.54) is 0 Å². The molecule has 1 atom stereocenters. The van der Waals surface area contributed by atoms with E-state index in [9.17, 15) is 9.65 Å². The van der Waals surface area contributed by atoms with Gasteiger partial charge in [0, 0.05) is 17.8 Å². The molecule has 114 valence electrons. The molecule has 0 aromatic rings. The molecule has 1 aliphatic carbocycles. The lowest BCUT2D eigenvalue weighted by atomic mass is 9.72. The minimum absolute atomic E-state index is 0.0331. The zero-order valence-corrected chi connectivity index (χ0v) is 13.0. The molecule has 2 rings (SSSR count). The average molecular weight is 298 g/mol. The quantitative estimate of drug-likeness (QED) is 0.546. The monoisotopic (exact) mass is 298 g/mol. The van der Waals surface area contributed by atoms with E-state index < -0.39 is 6.30 Å². The molecule has 0 N–H and O–H groups in total. The maximum atomic E-state index is 14.3. The van der Waals surface area contributed by atoms with Crippen LogP contribution >= 0.6 is 0 Å². The third kappa shape index (κ3) is 2.97. The van der Waals surface area contributed by atoms with Gasteiger partial charge in [-0.05, 0) is 37.5 Å². The summed E-state index contributed by atoms with van der Waals surface area (Å²) >= 11 is 0. The number of alkyl halides is 1. The van der Waals surface area contributed by atoms with E-state index in [0.29, 0.717) is 42.7 Å². The third-order valence-electron chi connectivity index (χ3n) is 4.31. The number of likely N-dealkylation sites (tertiary alicyclic amines) is 1. The average Bonchev–Trinajstić information content (AvgIpc) is 2.48. The van der Waals surface area contributed by atoms with Crippen molar-refractivity contribution in [3.8, 4) is 18.2 Å². The minimum atomic E-state index is -1.09. The van der Waals surface area contributed by atoms with Crippen LogP contribution in [0.5, 0.6) is 0 Å². The highest BCUT2D eigenvalue weighted by Gasteiger charge is 2.37. The first kappa shape index (κ1) is 16.1. The first-order valence-corrected chi connectivity index (χ1v) is 7.51. The molecule has 0 saturated carbocycles. The smallest absolute Gasteiger partial charge is 0.172 e. The Labute approximate surface area is 130 Å².